The van der Waals surface area contributed by atoms with Crippen LogP contribution in [0.1, 0.15) is 6.92 Å². The zero-order valence-corrected chi connectivity index (χ0v) is 6.53. The molecule has 0 aromatic heterocycles. The Morgan fingerprint density at radius 3 is 2.42 bits per heavy atom. The van der Waals surface area contributed by atoms with Gasteiger partial charge in [0.2, 0.25) is 0 Å². The van der Waals surface area contributed by atoms with Gasteiger partial charge in [0.15, 0.2) is 6.61 Å². The quantitative estimate of drug-likeness (QED) is 0.335. The normalized spacial score (nSPS) is 8.42. The summed E-state index contributed by atoms with van der Waals surface area (Å²) in [6.07, 6.45) is 0.904. The summed E-state index contributed by atoms with van der Waals surface area (Å²) in [5.74, 6) is -2.39. The molecule has 66 valence electrons. The lowest BCUT2D eigenvalue weighted by Crippen LogP contribution is -2.17. The van der Waals surface area contributed by atoms with Gasteiger partial charge in [0.05, 0.1) is 0 Å². The summed E-state index contributed by atoms with van der Waals surface area (Å²) in [6.45, 7) is 3.60. The minimum atomic E-state index is -0.905. The SMILES string of the molecule is C=CC(=O)OCC(=O)OC(C)=O. The summed E-state index contributed by atoms with van der Waals surface area (Å²) >= 11 is 0. The Balaban J connectivity index is 3.64. The first-order chi connectivity index (χ1) is 5.56. The minimum Gasteiger partial charge on any atom is -0.451 e. The summed E-state index contributed by atoms with van der Waals surface area (Å²) in [5.41, 5.74) is 0. The van der Waals surface area contributed by atoms with Gasteiger partial charge in [-0.25, -0.2) is 9.59 Å². The van der Waals surface area contributed by atoms with E-state index in [1.165, 1.54) is 0 Å². The monoisotopic (exact) mass is 172 g/mol. The van der Waals surface area contributed by atoms with Crippen molar-refractivity contribution in [3.05, 3.63) is 12.7 Å². The zero-order valence-electron chi connectivity index (χ0n) is 6.53. The topological polar surface area (TPSA) is 69.7 Å². The van der Waals surface area contributed by atoms with Crippen LogP contribution in [0.15, 0.2) is 12.7 Å². The highest BCUT2D eigenvalue weighted by atomic mass is 16.6. The molecule has 0 saturated carbocycles. The molecule has 5 heteroatoms. The predicted molar refractivity (Wildman–Crippen MR) is 37.9 cm³/mol. The van der Waals surface area contributed by atoms with E-state index in [4.69, 9.17) is 0 Å². The fraction of sp³-hybridized carbons (Fsp3) is 0.286. The summed E-state index contributed by atoms with van der Waals surface area (Å²) in [7, 11) is 0. The molecule has 0 aliphatic heterocycles. The second kappa shape index (κ2) is 5.06. The van der Waals surface area contributed by atoms with Crippen LogP contribution >= 0.6 is 0 Å². The van der Waals surface area contributed by atoms with Gasteiger partial charge in [0, 0.05) is 13.0 Å². The van der Waals surface area contributed by atoms with Gasteiger partial charge in [-0.05, 0) is 0 Å². The summed E-state index contributed by atoms with van der Waals surface area (Å²) in [4.78, 5) is 31.1. The smallest absolute Gasteiger partial charge is 0.351 e. The molecule has 12 heavy (non-hydrogen) atoms. The average Bonchev–Trinajstić information content (AvgIpc) is 1.99. The van der Waals surface area contributed by atoms with Crippen LogP contribution in [0.25, 0.3) is 0 Å². The second-order valence-corrected chi connectivity index (χ2v) is 1.78. The van der Waals surface area contributed by atoms with Crippen molar-refractivity contribution in [2.45, 2.75) is 6.92 Å². The fourth-order valence-electron chi connectivity index (χ4n) is 0.379. The number of hydrogen-bond acceptors (Lipinski definition) is 5. The molecule has 0 radical (unpaired) electrons. The Hall–Kier alpha value is -1.65. The van der Waals surface area contributed by atoms with E-state index < -0.39 is 24.5 Å². The number of ether oxygens (including phenoxy) is 2. The van der Waals surface area contributed by atoms with Gasteiger partial charge in [-0.15, -0.1) is 0 Å². The molecular weight excluding hydrogens is 164 g/mol. The maximum Gasteiger partial charge on any atom is 0.351 e. The van der Waals surface area contributed by atoms with Gasteiger partial charge in [-0.2, -0.15) is 0 Å². The van der Waals surface area contributed by atoms with Crippen LogP contribution in [0.4, 0.5) is 0 Å². The van der Waals surface area contributed by atoms with Crippen LogP contribution in [0, 0.1) is 0 Å². The first kappa shape index (κ1) is 10.3. The Bertz CT molecular complexity index is 218. The highest BCUT2D eigenvalue weighted by Gasteiger charge is 2.07. The van der Waals surface area contributed by atoms with E-state index in [0.29, 0.717) is 0 Å². The number of hydrogen-bond donors (Lipinski definition) is 0. The van der Waals surface area contributed by atoms with E-state index in [0.717, 1.165) is 13.0 Å². The zero-order chi connectivity index (χ0) is 9.56. The number of carbonyl (C=O) groups excluding carboxylic acids is 3. The Kier molecular flexibility index (Phi) is 4.36. The van der Waals surface area contributed by atoms with Crippen LogP contribution in [0.3, 0.4) is 0 Å². The molecule has 5 nitrogen and oxygen atoms in total. The van der Waals surface area contributed by atoms with Gasteiger partial charge in [-0.1, -0.05) is 6.58 Å². The molecule has 0 unspecified atom stereocenters. The maximum atomic E-state index is 10.5. The summed E-state index contributed by atoms with van der Waals surface area (Å²) in [6, 6.07) is 0. The van der Waals surface area contributed by atoms with E-state index >= 15 is 0 Å². The molecule has 0 bridgehead atoms. The minimum absolute atomic E-state index is 0.579. The molecule has 0 aromatic rings. The van der Waals surface area contributed by atoms with Crippen LogP contribution < -0.4 is 0 Å². The van der Waals surface area contributed by atoms with E-state index in [9.17, 15) is 14.4 Å². The van der Waals surface area contributed by atoms with Gasteiger partial charge in [0.25, 0.3) is 0 Å². The van der Waals surface area contributed by atoms with Gasteiger partial charge in [-0.3, -0.25) is 4.79 Å². The summed E-state index contributed by atoms with van der Waals surface area (Å²) < 4.78 is 8.33. The van der Waals surface area contributed by atoms with Crippen molar-refractivity contribution in [2.24, 2.45) is 0 Å². The third-order valence-corrected chi connectivity index (χ3v) is 0.757. The Morgan fingerprint density at radius 1 is 1.42 bits per heavy atom. The standard InChI is InChI=1S/C7H8O5/c1-3-6(9)11-4-7(10)12-5(2)8/h3H,1,4H2,2H3. The number of esters is 3. The molecule has 0 atom stereocenters. The lowest BCUT2D eigenvalue weighted by molar-refractivity contribution is -0.164. The van der Waals surface area contributed by atoms with Crippen molar-refractivity contribution < 1.29 is 23.9 Å². The predicted octanol–water partition coefficient (Wildman–Crippen LogP) is -0.195. The fourth-order valence-corrected chi connectivity index (χ4v) is 0.379. The molecule has 0 aliphatic rings. The van der Waals surface area contributed by atoms with Crippen LogP contribution in [0.2, 0.25) is 0 Å². The number of carbonyl (C=O) groups is 3. The third-order valence-electron chi connectivity index (χ3n) is 0.757. The van der Waals surface area contributed by atoms with Crippen molar-refractivity contribution >= 4 is 17.9 Å². The first-order valence-corrected chi connectivity index (χ1v) is 3.06. The van der Waals surface area contributed by atoms with Crippen molar-refractivity contribution in [2.75, 3.05) is 6.61 Å². The molecule has 0 spiro atoms. The highest BCUT2D eigenvalue weighted by Crippen LogP contribution is 1.84. The summed E-state index contributed by atoms with van der Waals surface area (Å²) in [5, 5.41) is 0. The lowest BCUT2D eigenvalue weighted by Gasteiger charge is -1.99. The molecule has 0 N–H and O–H groups in total. The molecule has 0 rings (SSSR count). The van der Waals surface area contributed by atoms with Crippen LogP contribution in [-0.4, -0.2) is 24.5 Å². The van der Waals surface area contributed by atoms with Gasteiger partial charge < -0.3 is 9.47 Å². The largest absolute Gasteiger partial charge is 0.451 e. The maximum absolute atomic E-state index is 10.5. The molecular formula is C7H8O5. The Morgan fingerprint density at radius 2 is 2.00 bits per heavy atom. The van der Waals surface area contributed by atoms with Crippen LogP contribution in [-0.2, 0) is 23.9 Å². The van der Waals surface area contributed by atoms with E-state index in [2.05, 4.69) is 16.1 Å². The molecule has 0 heterocycles. The van der Waals surface area contributed by atoms with Crippen LogP contribution in [0.5, 0.6) is 0 Å². The molecule has 0 aliphatic carbocycles. The first-order valence-electron chi connectivity index (χ1n) is 3.06. The van der Waals surface area contributed by atoms with Crippen molar-refractivity contribution in [3.8, 4) is 0 Å². The molecule has 0 amide bonds. The highest BCUT2D eigenvalue weighted by molar-refractivity contribution is 5.87. The average molecular weight is 172 g/mol. The van der Waals surface area contributed by atoms with Crippen molar-refractivity contribution in [1.29, 1.82) is 0 Å². The third kappa shape index (κ3) is 5.16. The van der Waals surface area contributed by atoms with Gasteiger partial charge >= 0.3 is 17.9 Å². The van der Waals surface area contributed by atoms with E-state index in [1.807, 2.05) is 0 Å². The number of rotatable bonds is 3. The van der Waals surface area contributed by atoms with Crippen molar-refractivity contribution in [1.82, 2.24) is 0 Å². The molecule has 0 saturated heterocycles. The second-order valence-electron chi connectivity index (χ2n) is 1.78. The molecule has 0 fully saturated rings. The molecule has 0 aromatic carbocycles. The lowest BCUT2D eigenvalue weighted by atomic mass is 10.6. The van der Waals surface area contributed by atoms with E-state index in [1.54, 1.807) is 0 Å². The Labute approximate surface area is 69.0 Å². The van der Waals surface area contributed by atoms with Crippen molar-refractivity contribution in [3.63, 3.8) is 0 Å². The van der Waals surface area contributed by atoms with E-state index in [-0.39, 0.29) is 0 Å². The van der Waals surface area contributed by atoms with Gasteiger partial charge in [0.1, 0.15) is 0 Å².